The van der Waals surface area contributed by atoms with Crippen LogP contribution < -0.4 is 0 Å². The van der Waals surface area contributed by atoms with E-state index in [1.807, 2.05) is 0 Å². The quantitative estimate of drug-likeness (QED) is 0.0511. The van der Waals surface area contributed by atoms with Crippen molar-refractivity contribution in [3.8, 4) is 0 Å². The zero-order chi connectivity index (χ0) is 72.8. The van der Waals surface area contributed by atoms with Gasteiger partial charge < -0.3 is 182 Å². The van der Waals surface area contributed by atoms with Gasteiger partial charge in [-0.05, 0) is 45.8 Å². The molecule has 472 valence electrons. The van der Waals surface area contributed by atoms with E-state index in [0.717, 1.165) is 6.55 Å². The Labute approximate surface area is 567 Å². The number of rotatable bonds is 46. The fraction of sp³-hybridized carbons (Fsp3) is 1.00. The average Bonchev–Trinajstić information content (AvgIpc) is 0.853. The second kappa shape index (κ2) is 41.8. The van der Waals surface area contributed by atoms with E-state index in [0.29, 0.717) is 0 Å². The maximum Gasteiger partial charge on any atom is 0.381 e. The van der Waals surface area contributed by atoms with Crippen molar-refractivity contribution in [1.29, 1.82) is 0 Å². The van der Waals surface area contributed by atoms with Crippen LogP contribution >= 0.6 is 0 Å². The summed E-state index contributed by atoms with van der Waals surface area (Å²) < 4.78 is 501. The molecule has 0 saturated carbocycles. The largest absolute Gasteiger partial charge is 0.454 e. The molecule has 1 atom stereocenters. The molecule has 0 aliphatic carbocycles. The zero-order valence-corrected chi connectivity index (χ0v) is 90.0. The lowest BCUT2D eigenvalue weighted by Crippen LogP contribution is -2.58. The SMILES string of the molecule is C[Si]O[Si](C)(C)[Si](=O)[Si](=O)[Si](=O)[Si](=O)[Si](=O)[Si](=O)[Si](=O)[Si](=O)[Si](=O)[Si](=O)[Si](=O)[Si](=O)[Si](=O)[Si](=O)[Si](=O)[Si](=O)[Si](=O)[Si](=O)[Si](=O)[Si](=O)[Si](=O)[Si](=O)[Si](=O)[Si](=O)[Si](=O)[Si]O[SiH](C)[Si](=O)[Si](=O)[Si](=O)[Si](=O)[Si](=O)[Si](=O)[Si](=O)[Si](=O)[Si](=O)[Si](=O)[Si](=O)[Si](=O)[Si](=O)[Si]O[Si](C)(C)C. The normalized spacial score (nSPS) is 10.9. The molecule has 92 heavy (non-hydrogen) atoms. The average molecular weight is 2000 g/mol. The Balaban J connectivity index is 5.80. The maximum absolute atomic E-state index is 13.0. The van der Waals surface area contributed by atoms with Crippen LogP contribution in [0.1, 0.15) is 0 Å². The van der Waals surface area contributed by atoms with Gasteiger partial charge in [-0.3, -0.25) is 0 Å². The van der Waals surface area contributed by atoms with Crippen molar-refractivity contribution in [1.82, 2.24) is 0 Å². The van der Waals surface area contributed by atoms with Crippen molar-refractivity contribution < 1.29 is 182 Å². The van der Waals surface area contributed by atoms with Crippen LogP contribution in [0.2, 0.25) is 45.8 Å². The van der Waals surface area contributed by atoms with Gasteiger partial charge in [0.05, 0.1) is 0 Å². The maximum atomic E-state index is 13.0. The Bertz CT molecular complexity index is 3920. The first-order chi connectivity index (χ1) is 41.8. The summed E-state index contributed by atoms with van der Waals surface area (Å²) in [5, 5.41) is 0. The molecule has 0 aromatic carbocycles. The molecule has 1 unspecified atom stereocenters. The molecular weight excluding hydrogens is 1980 g/mol. The minimum Gasteiger partial charge on any atom is -0.454 e. The van der Waals surface area contributed by atoms with Crippen molar-refractivity contribution in [2.75, 3.05) is 0 Å². The molecule has 0 N–H and O–H groups in total. The predicted molar refractivity (Wildman–Crippen MR) is 325 cm³/mol. The van der Waals surface area contributed by atoms with Crippen LogP contribution in [0, 0.1) is 0 Å². The summed E-state index contributed by atoms with van der Waals surface area (Å²) in [7, 11) is -179. The Kier molecular flexibility index (Phi) is 42.6. The monoisotopic (exact) mass is 1990 g/mol. The van der Waals surface area contributed by atoms with E-state index in [2.05, 4.69) is 0 Å². The van der Waals surface area contributed by atoms with Crippen molar-refractivity contribution in [3.05, 3.63) is 0 Å². The van der Waals surface area contributed by atoms with Gasteiger partial charge in [-0.2, -0.15) is 0 Å². The second-order valence-electron chi connectivity index (χ2n) is 17.5. The van der Waals surface area contributed by atoms with Crippen LogP contribution in [0.3, 0.4) is 0 Å². The van der Waals surface area contributed by atoms with Crippen LogP contribution in [0.25, 0.3) is 0 Å². The van der Waals surface area contributed by atoms with E-state index in [9.17, 15) is 170 Å². The Morgan fingerprint density at radius 1 is 0.239 bits per heavy atom. The highest BCUT2D eigenvalue weighted by molar-refractivity contribution is 7.85. The molecule has 85 heteroatoms. The Morgan fingerprint density at radius 2 is 0.413 bits per heavy atom. The van der Waals surface area contributed by atoms with Crippen LogP contribution in [0.4, 0.5) is 0 Å². The fourth-order valence-corrected chi connectivity index (χ4v) is 473. The first-order valence-electron chi connectivity index (χ1n) is 22.6. The van der Waals surface area contributed by atoms with Crippen molar-refractivity contribution in [3.63, 3.8) is 0 Å². The molecule has 0 aromatic heterocycles. The summed E-state index contributed by atoms with van der Waals surface area (Å²) in [5.41, 5.74) is 0. The first kappa shape index (κ1) is 93.8. The standard InChI is InChI=1S/C7H22O41Si44/c1-49-47-92(6,7)90(45)89(44)88(43)87(42)86(41)85(40)84(39)83(38)82(37)81(36)80(35)79(34)78(33)77(32)76(31)75(30)74(29)73(28)72(27)68(23)65(20)62(17)59(14)56(11)53(8)50-46-52(2)55(10)58(13)61(16)64(19)67(22)70(25)71(26)69(24)66(21)63(18)60(15)57(12)54(9)51-48-91(3,4)5/h52H,1-7H3. The van der Waals surface area contributed by atoms with Gasteiger partial charge in [-0.15, -0.1) is 0 Å². The predicted octanol–water partition coefficient (Wildman–Crippen LogP) is -17.7. The Hall–Kier alpha value is 1.82. The van der Waals surface area contributed by atoms with E-state index >= 15 is 0 Å². The van der Waals surface area contributed by atoms with Crippen LogP contribution in [0.5, 0.6) is 0 Å². The minimum absolute atomic E-state index is 0.276. The summed E-state index contributed by atoms with van der Waals surface area (Å²) in [6.07, 6.45) is 0. The van der Waals surface area contributed by atoms with E-state index in [-0.39, 0.29) is 9.76 Å². The molecule has 6 radical (unpaired) electrons. The summed E-state index contributed by atoms with van der Waals surface area (Å²) in [5.74, 6) is 0. The second-order valence-corrected chi connectivity index (χ2v) is 223. The molecule has 0 heterocycles. The van der Waals surface area contributed by atoms with Crippen molar-refractivity contribution in [2.45, 2.75) is 45.8 Å². The lowest BCUT2D eigenvalue weighted by molar-refractivity contribution is 0.531. The molecule has 0 aromatic rings. The minimum atomic E-state index is -4.76. The van der Waals surface area contributed by atoms with Gasteiger partial charge in [0.25, 0.3) is 18.6 Å². The summed E-state index contributed by atoms with van der Waals surface area (Å²) in [4.78, 5) is 0. The third kappa shape index (κ3) is 26.0. The highest BCUT2D eigenvalue weighted by Crippen LogP contribution is 2.05. The van der Waals surface area contributed by atoms with E-state index in [4.69, 9.17) is 12.3 Å². The van der Waals surface area contributed by atoms with Crippen molar-refractivity contribution >= 4 is 346 Å². The van der Waals surface area contributed by atoms with Crippen molar-refractivity contribution in [2.24, 2.45) is 0 Å². The summed E-state index contributed by atoms with van der Waals surface area (Å²) in [6.45, 7) is 9.91. The first-order valence-corrected chi connectivity index (χ1v) is 128. The highest BCUT2D eigenvalue weighted by Gasteiger charge is 2.59. The van der Waals surface area contributed by atoms with Crippen LogP contribution in [0.15, 0.2) is 0 Å². The third-order valence-electron chi connectivity index (χ3n) is 9.49. The summed E-state index contributed by atoms with van der Waals surface area (Å²) in [6, 6.07) is 0. The van der Waals surface area contributed by atoms with E-state index in [1.165, 1.54) is 19.6 Å². The number of hydrogen-bond donors (Lipinski definition) is 0. The van der Waals surface area contributed by atoms with Crippen LogP contribution in [-0.2, 0) is 182 Å². The van der Waals surface area contributed by atoms with Gasteiger partial charge in [-0.1, -0.05) is 0 Å². The molecule has 0 fully saturated rings. The molecule has 0 saturated heterocycles. The molecule has 0 aliphatic rings. The zero-order valence-electron chi connectivity index (χ0n) is 45.8. The molecule has 41 nitrogen and oxygen atoms in total. The van der Waals surface area contributed by atoms with E-state index < -0.39 is 337 Å². The molecule has 0 spiro atoms. The van der Waals surface area contributed by atoms with Gasteiger partial charge in [0.1, 0.15) is 0 Å². The molecular formula is C7H22O41Si44. The summed E-state index contributed by atoms with van der Waals surface area (Å²) >= 11 is 0. The lowest BCUT2D eigenvalue weighted by atomic mass is 11.8. The Morgan fingerprint density at radius 3 is 0.609 bits per heavy atom. The van der Waals surface area contributed by atoms with Gasteiger partial charge in [-0.25, -0.2) is 0 Å². The van der Waals surface area contributed by atoms with Gasteiger partial charge in [0, 0.05) is 0 Å². The molecule has 0 amide bonds. The molecule has 0 bridgehead atoms. The van der Waals surface area contributed by atoms with Gasteiger partial charge in [0.15, 0.2) is 8.32 Å². The lowest BCUT2D eigenvalue weighted by Gasteiger charge is -2.17. The van der Waals surface area contributed by atoms with Gasteiger partial charge >= 0.3 is 293 Å². The smallest absolute Gasteiger partial charge is 0.381 e. The highest BCUT2D eigenvalue weighted by atomic mass is 30.1. The molecule has 0 aliphatic heterocycles. The fourth-order valence-electron chi connectivity index (χ4n) is 4.76. The number of hydrogen-bond acceptors (Lipinski definition) is 41. The van der Waals surface area contributed by atoms with Crippen LogP contribution in [-0.4, -0.2) is 346 Å². The third-order valence-corrected chi connectivity index (χ3v) is 329. The topological polar surface area (TPSA) is 676 Å². The van der Waals surface area contributed by atoms with Gasteiger partial charge in [0.2, 0.25) is 26.2 Å². The van der Waals surface area contributed by atoms with E-state index in [1.54, 1.807) is 19.6 Å². The molecule has 0 rings (SSSR count).